The van der Waals surface area contributed by atoms with Crippen molar-refractivity contribution in [1.29, 1.82) is 0 Å². The van der Waals surface area contributed by atoms with Crippen LogP contribution < -0.4 is 5.32 Å². The zero-order chi connectivity index (χ0) is 21.3. The fourth-order valence-electron chi connectivity index (χ4n) is 3.46. The molecule has 0 bridgehead atoms. The van der Waals surface area contributed by atoms with Crippen LogP contribution in [0.25, 0.3) is 5.69 Å². The first kappa shape index (κ1) is 19.9. The second-order valence-electron chi connectivity index (χ2n) is 7.20. The number of aromatic nitrogens is 4. The molecule has 4 rings (SSSR count). The molecule has 0 spiro atoms. The second kappa shape index (κ2) is 8.16. The minimum Gasteiger partial charge on any atom is -0.305 e. The fraction of sp³-hybridized carbons (Fsp3) is 0.174. The summed E-state index contributed by atoms with van der Waals surface area (Å²) >= 11 is 5.96. The minimum absolute atomic E-state index is 0.219. The molecule has 2 heterocycles. The van der Waals surface area contributed by atoms with Gasteiger partial charge >= 0.3 is 0 Å². The monoisotopic (exact) mass is 419 g/mol. The van der Waals surface area contributed by atoms with Gasteiger partial charge in [-0.05, 0) is 50.6 Å². The summed E-state index contributed by atoms with van der Waals surface area (Å²) in [6.07, 6.45) is 0. The van der Waals surface area contributed by atoms with E-state index in [1.165, 1.54) is 0 Å². The van der Waals surface area contributed by atoms with Gasteiger partial charge in [0.05, 0.1) is 29.2 Å². The molecule has 0 saturated carbocycles. The number of anilines is 1. The molecule has 0 radical (unpaired) electrons. The second-order valence-corrected chi connectivity index (χ2v) is 7.64. The first-order chi connectivity index (χ1) is 14.4. The lowest BCUT2D eigenvalue weighted by atomic mass is 10.2. The molecule has 1 amide bonds. The molecule has 152 valence electrons. The Balaban J connectivity index is 1.55. The predicted octanol–water partition coefficient (Wildman–Crippen LogP) is 4.95. The van der Waals surface area contributed by atoms with Crippen LogP contribution in [0.3, 0.4) is 0 Å². The number of para-hydroxylation sites is 1. The Hall–Kier alpha value is -3.38. The average Bonchev–Trinajstić information content (AvgIpc) is 3.22. The summed E-state index contributed by atoms with van der Waals surface area (Å²) in [5, 5.41) is 12.7. The summed E-state index contributed by atoms with van der Waals surface area (Å²) in [4.78, 5) is 13.0. The van der Waals surface area contributed by atoms with Crippen LogP contribution in [-0.2, 0) is 6.54 Å². The zero-order valence-electron chi connectivity index (χ0n) is 17.1. The SMILES string of the molecule is Cc1nn(-c2ccccc2)c(C)c1C(=O)Nc1cc(C)n(Cc2ccc(Cl)cc2)n1. The topological polar surface area (TPSA) is 64.7 Å². The van der Waals surface area contributed by atoms with E-state index in [0.717, 1.165) is 22.6 Å². The number of nitrogens with one attached hydrogen (secondary N) is 1. The Labute approximate surface area is 180 Å². The Bertz CT molecular complexity index is 1190. The van der Waals surface area contributed by atoms with Crippen molar-refractivity contribution in [3.8, 4) is 5.69 Å². The predicted molar refractivity (Wildman–Crippen MR) is 119 cm³/mol. The van der Waals surface area contributed by atoms with Crippen molar-refractivity contribution in [2.75, 3.05) is 5.32 Å². The van der Waals surface area contributed by atoms with Crippen LogP contribution in [0.5, 0.6) is 0 Å². The molecule has 0 atom stereocenters. The van der Waals surface area contributed by atoms with Crippen molar-refractivity contribution < 1.29 is 4.79 Å². The molecule has 0 aliphatic rings. The lowest BCUT2D eigenvalue weighted by Gasteiger charge is -2.06. The van der Waals surface area contributed by atoms with Crippen LogP contribution in [0.4, 0.5) is 5.82 Å². The first-order valence-electron chi connectivity index (χ1n) is 9.64. The molecule has 4 aromatic rings. The number of hydrogen-bond donors (Lipinski definition) is 1. The number of benzene rings is 2. The maximum Gasteiger partial charge on any atom is 0.260 e. The van der Waals surface area contributed by atoms with Crippen LogP contribution >= 0.6 is 11.6 Å². The van der Waals surface area contributed by atoms with Crippen molar-refractivity contribution in [2.24, 2.45) is 0 Å². The first-order valence-corrected chi connectivity index (χ1v) is 10.0. The van der Waals surface area contributed by atoms with Gasteiger partial charge in [-0.15, -0.1) is 0 Å². The maximum atomic E-state index is 13.0. The lowest BCUT2D eigenvalue weighted by Crippen LogP contribution is -2.15. The van der Waals surface area contributed by atoms with E-state index < -0.39 is 0 Å². The minimum atomic E-state index is -0.219. The quantitative estimate of drug-likeness (QED) is 0.497. The number of carbonyl (C=O) groups is 1. The molecule has 0 aliphatic carbocycles. The number of amides is 1. The Morgan fingerprint density at radius 3 is 2.40 bits per heavy atom. The molecule has 0 fully saturated rings. The number of nitrogens with zero attached hydrogens (tertiary/aromatic N) is 4. The highest BCUT2D eigenvalue weighted by Gasteiger charge is 2.20. The molecule has 7 heteroatoms. The largest absolute Gasteiger partial charge is 0.305 e. The number of rotatable bonds is 5. The third-order valence-corrected chi connectivity index (χ3v) is 5.24. The lowest BCUT2D eigenvalue weighted by molar-refractivity contribution is 0.102. The van der Waals surface area contributed by atoms with Gasteiger partial charge in [-0.2, -0.15) is 10.2 Å². The molecule has 0 saturated heterocycles. The molecule has 0 aliphatic heterocycles. The molecule has 0 unspecified atom stereocenters. The number of aryl methyl sites for hydroxylation is 2. The van der Waals surface area contributed by atoms with Gasteiger partial charge in [-0.3, -0.25) is 9.48 Å². The van der Waals surface area contributed by atoms with Crippen molar-refractivity contribution in [1.82, 2.24) is 19.6 Å². The van der Waals surface area contributed by atoms with Gasteiger partial charge in [0.15, 0.2) is 5.82 Å². The molecule has 2 aromatic carbocycles. The van der Waals surface area contributed by atoms with E-state index in [0.29, 0.717) is 28.6 Å². The highest BCUT2D eigenvalue weighted by Crippen LogP contribution is 2.20. The van der Waals surface area contributed by atoms with E-state index in [2.05, 4.69) is 15.5 Å². The van der Waals surface area contributed by atoms with Crippen molar-refractivity contribution >= 4 is 23.3 Å². The Morgan fingerprint density at radius 2 is 1.70 bits per heavy atom. The van der Waals surface area contributed by atoms with E-state index in [1.807, 2.05) is 86.1 Å². The van der Waals surface area contributed by atoms with Crippen molar-refractivity contribution in [3.05, 3.63) is 93.9 Å². The van der Waals surface area contributed by atoms with Crippen LogP contribution in [0.1, 0.15) is 33.0 Å². The van der Waals surface area contributed by atoms with Crippen LogP contribution in [-0.4, -0.2) is 25.5 Å². The standard InChI is InChI=1S/C23H22ClN5O/c1-15-13-21(27-28(15)14-18-9-11-19(24)12-10-18)25-23(30)22-16(2)26-29(17(22)3)20-7-5-4-6-8-20/h4-13H,14H2,1-3H3,(H,25,27,30). The number of hydrogen-bond acceptors (Lipinski definition) is 3. The summed E-state index contributed by atoms with van der Waals surface area (Å²) in [6.45, 7) is 6.30. The van der Waals surface area contributed by atoms with E-state index in [-0.39, 0.29) is 5.91 Å². The summed E-state index contributed by atoms with van der Waals surface area (Å²) in [5.74, 6) is 0.293. The van der Waals surface area contributed by atoms with Gasteiger partial charge in [0.2, 0.25) is 0 Å². The van der Waals surface area contributed by atoms with E-state index in [1.54, 1.807) is 4.68 Å². The third kappa shape index (κ3) is 4.00. The van der Waals surface area contributed by atoms with Crippen molar-refractivity contribution in [2.45, 2.75) is 27.3 Å². The summed E-state index contributed by atoms with van der Waals surface area (Å²) in [6, 6.07) is 19.3. The van der Waals surface area contributed by atoms with Gasteiger partial charge in [-0.1, -0.05) is 41.9 Å². The maximum absolute atomic E-state index is 13.0. The molecular weight excluding hydrogens is 398 g/mol. The summed E-state index contributed by atoms with van der Waals surface area (Å²) in [7, 11) is 0. The summed E-state index contributed by atoms with van der Waals surface area (Å²) < 4.78 is 3.64. The van der Waals surface area contributed by atoms with Crippen LogP contribution in [0, 0.1) is 20.8 Å². The van der Waals surface area contributed by atoms with Gasteiger partial charge < -0.3 is 5.32 Å². The molecule has 2 aromatic heterocycles. The van der Waals surface area contributed by atoms with E-state index in [4.69, 9.17) is 11.6 Å². The van der Waals surface area contributed by atoms with E-state index >= 15 is 0 Å². The third-order valence-electron chi connectivity index (χ3n) is 4.99. The van der Waals surface area contributed by atoms with Crippen LogP contribution in [0.15, 0.2) is 60.7 Å². The van der Waals surface area contributed by atoms with Gasteiger partial charge in [0, 0.05) is 16.8 Å². The normalized spacial score (nSPS) is 10.9. The Kier molecular flexibility index (Phi) is 5.42. The molecule has 6 nitrogen and oxygen atoms in total. The highest BCUT2D eigenvalue weighted by atomic mass is 35.5. The smallest absolute Gasteiger partial charge is 0.260 e. The fourth-order valence-corrected chi connectivity index (χ4v) is 3.59. The van der Waals surface area contributed by atoms with Gasteiger partial charge in [-0.25, -0.2) is 4.68 Å². The van der Waals surface area contributed by atoms with Crippen LogP contribution in [0.2, 0.25) is 5.02 Å². The zero-order valence-corrected chi connectivity index (χ0v) is 17.8. The summed E-state index contributed by atoms with van der Waals surface area (Å²) in [5.41, 5.74) is 4.97. The molecule has 1 N–H and O–H groups in total. The van der Waals surface area contributed by atoms with Crippen molar-refractivity contribution in [3.63, 3.8) is 0 Å². The number of carbonyl (C=O) groups excluding carboxylic acids is 1. The average molecular weight is 420 g/mol. The van der Waals surface area contributed by atoms with Gasteiger partial charge in [0.1, 0.15) is 0 Å². The van der Waals surface area contributed by atoms with Gasteiger partial charge in [0.25, 0.3) is 5.91 Å². The Morgan fingerprint density at radius 1 is 1.00 bits per heavy atom. The van der Waals surface area contributed by atoms with E-state index in [9.17, 15) is 4.79 Å². The molecular formula is C23H22ClN5O. The highest BCUT2D eigenvalue weighted by molar-refractivity contribution is 6.30. The number of halogens is 1. The molecule has 30 heavy (non-hydrogen) atoms.